The van der Waals surface area contributed by atoms with Crippen molar-refractivity contribution in [3.63, 3.8) is 0 Å². The minimum absolute atomic E-state index is 0.0377. The molecule has 2 N–H and O–H groups in total. The quantitative estimate of drug-likeness (QED) is 0.696. The summed E-state index contributed by atoms with van der Waals surface area (Å²) in [7, 11) is 0. The molecule has 1 atom stereocenters. The van der Waals surface area contributed by atoms with Gasteiger partial charge < -0.3 is 24.8 Å². The minimum Gasteiger partial charge on any atom is -0.480 e. The van der Waals surface area contributed by atoms with Gasteiger partial charge in [0.2, 0.25) is 0 Å². The molecule has 1 fully saturated rings. The van der Waals surface area contributed by atoms with Crippen LogP contribution in [0.3, 0.4) is 0 Å². The molecule has 1 saturated heterocycles. The summed E-state index contributed by atoms with van der Waals surface area (Å²) in [5.74, 6) is -0.730. The Hall–Kier alpha value is -1.34. The molecule has 0 aromatic carbocycles. The molecule has 0 aromatic rings. The number of nitrogens with zero attached hydrogens (tertiary/aromatic N) is 1. The van der Waals surface area contributed by atoms with Crippen LogP contribution in [0.15, 0.2) is 0 Å². The number of carboxylic acids is 1. The van der Waals surface area contributed by atoms with Crippen LogP contribution >= 0.6 is 0 Å². The molecule has 7 heteroatoms. The van der Waals surface area contributed by atoms with Crippen LogP contribution in [-0.4, -0.2) is 66.6 Å². The number of amides is 2. The van der Waals surface area contributed by atoms with E-state index in [2.05, 4.69) is 5.32 Å². The Kier molecular flexibility index (Phi) is 6.42. The molecule has 2 amide bonds. The molecule has 0 saturated carbocycles. The molecule has 0 aromatic heterocycles. The van der Waals surface area contributed by atoms with E-state index < -0.39 is 11.6 Å². The highest BCUT2D eigenvalue weighted by atomic mass is 16.5. The minimum atomic E-state index is -1.00. The Balaban J connectivity index is 2.38. The van der Waals surface area contributed by atoms with Crippen LogP contribution in [0.4, 0.5) is 4.79 Å². The van der Waals surface area contributed by atoms with E-state index in [4.69, 9.17) is 14.6 Å². The number of nitrogens with one attached hydrogen (secondary N) is 1. The zero-order chi connectivity index (χ0) is 16.0. The van der Waals surface area contributed by atoms with Gasteiger partial charge in [0.25, 0.3) is 0 Å². The van der Waals surface area contributed by atoms with E-state index in [0.29, 0.717) is 26.3 Å². The van der Waals surface area contributed by atoms with Crippen molar-refractivity contribution < 1.29 is 24.2 Å². The van der Waals surface area contributed by atoms with Crippen molar-refractivity contribution in [2.24, 2.45) is 5.92 Å². The van der Waals surface area contributed by atoms with Crippen molar-refractivity contribution in [2.75, 3.05) is 32.9 Å². The van der Waals surface area contributed by atoms with Gasteiger partial charge in [0.1, 0.15) is 12.2 Å². The van der Waals surface area contributed by atoms with Crippen molar-refractivity contribution in [2.45, 2.75) is 39.3 Å². The van der Waals surface area contributed by atoms with Crippen LogP contribution in [0.1, 0.15) is 27.7 Å². The summed E-state index contributed by atoms with van der Waals surface area (Å²) in [6.45, 7) is 9.33. The predicted molar refractivity (Wildman–Crippen MR) is 77.2 cm³/mol. The van der Waals surface area contributed by atoms with Crippen molar-refractivity contribution in [3.8, 4) is 0 Å². The second-order valence-electron chi connectivity index (χ2n) is 5.95. The molecule has 7 nitrogen and oxygen atoms in total. The van der Waals surface area contributed by atoms with Gasteiger partial charge in [0.05, 0.1) is 25.7 Å². The largest absolute Gasteiger partial charge is 0.480 e. The molecule has 0 spiro atoms. The second kappa shape index (κ2) is 7.61. The Bertz CT molecular complexity index is 366. The van der Waals surface area contributed by atoms with Crippen LogP contribution in [-0.2, 0) is 14.3 Å². The summed E-state index contributed by atoms with van der Waals surface area (Å²) in [5.41, 5.74) is -0.566. The number of carbonyl (C=O) groups is 2. The average Bonchev–Trinajstić information content (AvgIpc) is 2.37. The van der Waals surface area contributed by atoms with Gasteiger partial charge in [-0.25, -0.2) is 9.59 Å². The summed E-state index contributed by atoms with van der Waals surface area (Å²) in [5, 5.41) is 11.5. The molecule has 1 aliphatic heterocycles. The van der Waals surface area contributed by atoms with Gasteiger partial charge in [-0.2, -0.15) is 0 Å². The summed E-state index contributed by atoms with van der Waals surface area (Å²) < 4.78 is 10.7. The van der Waals surface area contributed by atoms with E-state index in [0.717, 1.165) is 0 Å². The van der Waals surface area contributed by atoms with Crippen LogP contribution < -0.4 is 5.32 Å². The zero-order valence-corrected chi connectivity index (χ0v) is 13.2. The Morgan fingerprint density at radius 3 is 2.48 bits per heavy atom. The molecule has 0 radical (unpaired) electrons. The van der Waals surface area contributed by atoms with Crippen LogP contribution in [0.25, 0.3) is 0 Å². The fourth-order valence-corrected chi connectivity index (χ4v) is 2.13. The number of likely N-dealkylation sites (tertiary alicyclic amines) is 1. The Morgan fingerprint density at radius 2 is 2.00 bits per heavy atom. The monoisotopic (exact) mass is 302 g/mol. The fourth-order valence-electron chi connectivity index (χ4n) is 2.13. The van der Waals surface area contributed by atoms with Gasteiger partial charge in [-0.3, -0.25) is 0 Å². The molecule has 1 heterocycles. The first kappa shape index (κ1) is 17.7. The van der Waals surface area contributed by atoms with Crippen molar-refractivity contribution in [3.05, 3.63) is 0 Å². The smallest absolute Gasteiger partial charge is 0.329 e. The van der Waals surface area contributed by atoms with E-state index in [1.807, 2.05) is 20.8 Å². The number of carbonyl (C=O) groups excluding carboxylic acids is 1. The molecule has 1 unspecified atom stereocenters. The third-order valence-corrected chi connectivity index (χ3v) is 3.50. The van der Waals surface area contributed by atoms with E-state index in [1.54, 1.807) is 11.8 Å². The van der Waals surface area contributed by atoms with Crippen LogP contribution in [0, 0.1) is 5.92 Å². The average molecular weight is 302 g/mol. The first-order valence-corrected chi connectivity index (χ1v) is 7.26. The van der Waals surface area contributed by atoms with Gasteiger partial charge in [-0.15, -0.1) is 0 Å². The predicted octanol–water partition coefficient (Wildman–Crippen LogP) is 0.933. The molecule has 1 rings (SSSR count). The number of urea groups is 1. The van der Waals surface area contributed by atoms with Gasteiger partial charge in [0, 0.05) is 6.61 Å². The maximum absolute atomic E-state index is 12.1. The number of ether oxygens (including phenoxy) is 2. The maximum atomic E-state index is 12.1. The lowest BCUT2D eigenvalue weighted by molar-refractivity contribution is -0.159. The molecule has 1 aliphatic rings. The first-order chi connectivity index (χ1) is 9.77. The highest BCUT2D eigenvalue weighted by Gasteiger charge is 2.43. The standard InChI is InChI=1S/C14H26N2O5/c1-5-20-6-11(10(2)3)15-13(19)16-8-14(4,9-16)21-7-12(17)18/h10-11H,5-9H2,1-4H3,(H,15,19)(H,17,18). The summed E-state index contributed by atoms with van der Waals surface area (Å²) >= 11 is 0. The Labute approximate surface area is 125 Å². The third-order valence-electron chi connectivity index (χ3n) is 3.50. The zero-order valence-electron chi connectivity index (χ0n) is 13.2. The number of rotatable bonds is 8. The summed E-state index contributed by atoms with van der Waals surface area (Å²) in [6.07, 6.45) is 0. The van der Waals surface area contributed by atoms with Crippen molar-refractivity contribution >= 4 is 12.0 Å². The normalized spacial score (nSPS) is 18.2. The van der Waals surface area contributed by atoms with Gasteiger partial charge >= 0.3 is 12.0 Å². The maximum Gasteiger partial charge on any atom is 0.329 e. The van der Waals surface area contributed by atoms with Gasteiger partial charge in [-0.1, -0.05) is 13.8 Å². The summed E-state index contributed by atoms with van der Waals surface area (Å²) in [4.78, 5) is 24.2. The van der Waals surface area contributed by atoms with Crippen LogP contribution in [0.2, 0.25) is 0 Å². The number of hydrogen-bond acceptors (Lipinski definition) is 4. The first-order valence-electron chi connectivity index (χ1n) is 7.26. The van der Waals surface area contributed by atoms with Crippen molar-refractivity contribution in [1.29, 1.82) is 0 Å². The lowest BCUT2D eigenvalue weighted by Crippen LogP contribution is -2.66. The van der Waals surface area contributed by atoms with Crippen LogP contribution in [0.5, 0.6) is 0 Å². The topological polar surface area (TPSA) is 88.1 Å². The third kappa shape index (κ3) is 5.51. The van der Waals surface area contributed by atoms with E-state index >= 15 is 0 Å². The van der Waals surface area contributed by atoms with Crippen molar-refractivity contribution in [1.82, 2.24) is 10.2 Å². The Morgan fingerprint density at radius 1 is 1.38 bits per heavy atom. The highest BCUT2D eigenvalue weighted by Crippen LogP contribution is 2.24. The molecule has 0 bridgehead atoms. The highest BCUT2D eigenvalue weighted by molar-refractivity contribution is 5.76. The lowest BCUT2D eigenvalue weighted by Gasteiger charge is -2.47. The van der Waals surface area contributed by atoms with Gasteiger partial charge in [-0.05, 0) is 19.8 Å². The molecular formula is C14H26N2O5. The lowest BCUT2D eigenvalue weighted by atomic mass is 9.97. The second-order valence-corrected chi connectivity index (χ2v) is 5.95. The molecule has 122 valence electrons. The van der Waals surface area contributed by atoms with E-state index in [-0.39, 0.29) is 24.6 Å². The number of hydrogen-bond donors (Lipinski definition) is 2. The van der Waals surface area contributed by atoms with E-state index in [1.165, 1.54) is 0 Å². The summed E-state index contributed by atoms with van der Waals surface area (Å²) in [6, 6.07) is -0.200. The number of aliphatic carboxylic acids is 1. The number of carboxylic acid groups (broad SMARTS) is 1. The molecule has 0 aliphatic carbocycles. The molecular weight excluding hydrogens is 276 g/mol. The molecule has 21 heavy (non-hydrogen) atoms. The van der Waals surface area contributed by atoms with Gasteiger partial charge in [0.15, 0.2) is 0 Å². The SMILES string of the molecule is CCOCC(NC(=O)N1CC(C)(OCC(=O)O)C1)C(C)C. The fraction of sp³-hybridized carbons (Fsp3) is 0.857. The van der Waals surface area contributed by atoms with E-state index in [9.17, 15) is 9.59 Å².